The zero-order valence-electron chi connectivity index (χ0n) is 20.9. The molecule has 8 N–H and O–H groups in total. The van der Waals surface area contributed by atoms with E-state index in [1.54, 1.807) is 12.4 Å². The quantitative estimate of drug-likeness (QED) is 0.121. The zero-order valence-corrected chi connectivity index (χ0v) is 21.8. The van der Waals surface area contributed by atoms with Crippen molar-refractivity contribution in [3.8, 4) is 0 Å². The van der Waals surface area contributed by atoms with Crippen LogP contribution in [-0.2, 0) is 32.0 Å². The molecule has 0 spiro atoms. The largest absolute Gasteiger partial charge is 0.480 e. The third-order valence-electron chi connectivity index (χ3n) is 6.47. The lowest BCUT2D eigenvalue weighted by molar-refractivity contribution is -0.141. The summed E-state index contributed by atoms with van der Waals surface area (Å²) in [4.78, 5) is 56.8. The molecule has 3 amide bonds. The lowest BCUT2D eigenvalue weighted by atomic mass is 10.0. The van der Waals surface area contributed by atoms with Gasteiger partial charge in [-0.05, 0) is 23.3 Å². The Hall–Kier alpha value is -4.29. The molecule has 12 heteroatoms. The number of nitrogens with one attached hydrogen (secondary N) is 5. The van der Waals surface area contributed by atoms with Crippen molar-refractivity contribution in [1.82, 2.24) is 25.9 Å². The number of benzene rings is 2. The minimum Gasteiger partial charge on any atom is -0.480 e. The fourth-order valence-corrected chi connectivity index (χ4v) is 4.69. The number of aromatic amines is 2. The Morgan fingerprint density at radius 1 is 0.769 bits per heavy atom. The zero-order chi connectivity index (χ0) is 27.9. The van der Waals surface area contributed by atoms with Gasteiger partial charge < -0.3 is 36.8 Å². The number of amides is 3. The van der Waals surface area contributed by atoms with Crippen molar-refractivity contribution < 1.29 is 24.3 Å². The molecule has 11 nitrogen and oxygen atoms in total. The van der Waals surface area contributed by atoms with Crippen LogP contribution >= 0.6 is 12.6 Å². The number of hydrogen-bond donors (Lipinski definition) is 8. The number of carboxylic acid groups (broad SMARTS) is 1. The maximum atomic E-state index is 13.6. The Balaban J connectivity index is 1.61. The second kappa shape index (κ2) is 12.5. The molecule has 4 aromatic rings. The average molecular weight is 551 g/mol. The maximum Gasteiger partial charge on any atom is 0.327 e. The lowest BCUT2D eigenvalue weighted by Gasteiger charge is -2.24. The smallest absolute Gasteiger partial charge is 0.327 e. The van der Waals surface area contributed by atoms with E-state index in [-0.39, 0.29) is 25.1 Å². The first-order valence-corrected chi connectivity index (χ1v) is 13.0. The van der Waals surface area contributed by atoms with Crippen LogP contribution in [0.4, 0.5) is 0 Å². The number of fused-ring (bicyclic) bond motifs is 2. The Kier molecular flexibility index (Phi) is 8.89. The molecule has 39 heavy (non-hydrogen) atoms. The first-order chi connectivity index (χ1) is 18.8. The first kappa shape index (κ1) is 27.7. The monoisotopic (exact) mass is 550 g/mol. The van der Waals surface area contributed by atoms with Crippen LogP contribution in [0.2, 0.25) is 0 Å². The van der Waals surface area contributed by atoms with Crippen LogP contribution in [0.25, 0.3) is 21.8 Å². The summed E-state index contributed by atoms with van der Waals surface area (Å²) in [5.74, 6) is -3.22. The third kappa shape index (κ3) is 6.59. The Morgan fingerprint density at radius 3 is 1.69 bits per heavy atom. The highest BCUT2D eigenvalue weighted by atomic mass is 32.1. The van der Waals surface area contributed by atoms with Crippen LogP contribution in [0.3, 0.4) is 0 Å². The van der Waals surface area contributed by atoms with Crippen LogP contribution in [0, 0.1) is 0 Å². The van der Waals surface area contributed by atoms with Gasteiger partial charge in [-0.25, -0.2) is 4.79 Å². The Bertz CT molecular complexity index is 1500. The molecular weight excluding hydrogens is 520 g/mol. The summed E-state index contributed by atoms with van der Waals surface area (Å²) in [6.07, 6.45) is 3.71. The number of hydrogen-bond acceptors (Lipinski definition) is 6. The number of aliphatic carboxylic acids is 1. The number of H-pyrrole nitrogens is 2. The second-order valence-corrected chi connectivity index (χ2v) is 9.46. The average Bonchev–Trinajstić information content (AvgIpc) is 3.54. The molecule has 4 rings (SSSR count). The van der Waals surface area contributed by atoms with E-state index in [0.29, 0.717) is 0 Å². The maximum absolute atomic E-state index is 13.6. The van der Waals surface area contributed by atoms with Gasteiger partial charge in [0.15, 0.2) is 0 Å². The van der Waals surface area contributed by atoms with Gasteiger partial charge in [0.25, 0.3) is 0 Å². The van der Waals surface area contributed by atoms with E-state index in [9.17, 15) is 24.3 Å². The van der Waals surface area contributed by atoms with Gasteiger partial charge in [-0.3, -0.25) is 14.4 Å². The summed E-state index contributed by atoms with van der Waals surface area (Å²) < 4.78 is 0. The van der Waals surface area contributed by atoms with Gasteiger partial charge in [0.05, 0.1) is 6.54 Å². The van der Waals surface area contributed by atoms with Crippen LogP contribution in [0.15, 0.2) is 60.9 Å². The number of nitrogens with two attached hydrogens (primary N) is 1. The summed E-state index contributed by atoms with van der Waals surface area (Å²) in [5, 5.41) is 19.0. The van der Waals surface area contributed by atoms with Crippen molar-refractivity contribution in [2.24, 2.45) is 5.73 Å². The number of carboxylic acids is 1. The highest BCUT2D eigenvalue weighted by Gasteiger charge is 2.30. The molecule has 0 aliphatic rings. The Morgan fingerprint density at radius 2 is 1.23 bits per heavy atom. The van der Waals surface area contributed by atoms with Gasteiger partial charge in [-0.1, -0.05) is 36.4 Å². The number of rotatable bonds is 12. The minimum absolute atomic E-state index is 0.0745. The standard InChI is InChI=1S/C27H30N6O5S/c28-11-24(34)31-21(9-15-12-29-19-7-3-1-5-17(15)19)25(35)32-22(26(36)33-23(14-39)27(37)38)10-16-13-30-20-8-4-2-6-18(16)20/h1-8,12-13,21-23,29-30,39H,9-11,14,28H2,(H,31,34)(H,32,35)(H,33,36)(H,37,38). The number of para-hydroxylation sites is 2. The van der Waals surface area contributed by atoms with Gasteiger partial charge in [0, 0.05) is 52.8 Å². The second-order valence-electron chi connectivity index (χ2n) is 9.09. The van der Waals surface area contributed by atoms with Crippen molar-refractivity contribution in [2.45, 2.75) is 31.0 Å². The number of thiol groups is 1. The molecule has 3 atom stereocenters. The van der Waals surface area contributed by atoms with Gasteiger partial charge in [0.1, 0.15) is 18.1 Å². The normalized spacial score (nSPS) is 13.5. The van der Waals surface area contributed by atoms with E-state index in [2.05, 4.69) is 38.5 Å². The van der Waals surface area contributed by atoms with E-state index < -0.39 is 41.8 Å². The van der Waals surface area contributed by atoms with Crippen molar-refractivity contribution in [3.05, 3.63) is 72.1 Å². The highest BCUT2D eigenvalue weighted by Crippen LogP contribution is 2.21. The van der Waals surface area contributed by atoms with E-state index in [1.165, 1.54) is 0 Å². The molecule has 0 aliphatic carbocycles. The van der Waals surface area contributed by atoms with E-state index in [4.69, 9.17) is 5.73 Å². The molecule has 3 unspecified atom stereocenters. The Labute approximate surface area is 229 Å². The van der Waals surface area contributed by atoms with Crippen molar-refractivity contribution in [2.75, 3.05) is 12.3 Å². The molecule has 0 saturated heterocycles. The van der Waals surface area contributed by atoms with Crippen molar-refractivity contribution in [3.63, 3.8) is 0 Å². The molecule has 0 saturated carbocycles. The van der Waals surface area contributed by atoms with Crippen LogP contribution < -0.4 is 21.7 Å². The van der Waals surface area contributed by atoms with Crippen molar-refractivity contribution >= 4 is 58.1 Å². The fraction of sp³-hybridized carbons (Fsp3) is 0.259. The van der Waals surface area contributed by atoms with E-state index >= 15 is 0 Å². The van der Waals surface area contributed by atoms with Crippen LogP contribution in [-0.4, -0.2) is 69.2 Å². The SMILES string of the molecule is NCC(=O)NC(Cc1c[nH]c2ccccc12)C(=O)NC(Cc1c[nH]c2ccccc12)C(=O)NC(CS)C(=O)O. The molecule has 0 aliphatic heterocycles. The topological polar surface area (TPSA) is 182 Å². The fourth-order valence-electron chi connectivity index (χ4n) is 4.44. The summed E-state index contributed by atoms with van der Waals surface area (Å²) >= 11 is 4.01. The molecule has 0 radical (unpaired) electrons. The van der Waals surface area contributed by atoms with Gasteiger partial charge in [0.2, 0.25) is 17.7 Å². The summed E-state index contributed by atoms with van der Waals surface area (Å²) in [7, 11) is 0. The molecule has 204 valence electrons. The van der Waals surface area contributed by atoms with Gasteiger partial charge in [-0.15, -0.1) is 0 Å². The molecule has 2 heterocycles. The summed E-state index contributed by atoms with van der Waals surface area (Å²) in [6, 6.07) is 11.6. The number of aromatic nitrogens is 2. The molecular formula is C27H30N6O5S. The predicted octanol–water partition coefficient (Wildman–Crippen LogP) is 0.862. The number of carbonyl (C=O) groups excluding carboxylic acids is 3. The third-order valence-corrected chi connectivity index (χ3v) is 6.83. The van der Waals surface area contributed by atoms with Crippen molar-refractivity contribution in [1.29, 1.82) is 0 Å². The van der Waals surface area contributed by atoms with Gasteiger partial charge in [-0.2, -0.15) is 12.6 Å². The summed E-state index contributed by atoms with van der Waals surface area (Å²) in [5.41, 5.74) is 8.77. The number of carbonyl (C=O) groups is 4. The highest BCUT2D eigenvalue weighted by molar-refractivity contribution is 7.80. The van der Waals surface area contributed by atoms with Crippen LogP contribution in [0.5, 0.6) is 0 Å². The summed E-state index contributed by atoms with van der Waals surface area (Å²) in [6.45, 7) is -0.320. The van der Waals surface area contributed by atoms with Crippen LogP contribution in [0.1, 0.15) is 11.1 Å². The van der Waals surface area contributed by atoms with E-state index in [1.807, 2.05) is 48.5 Å². The minimum atomic E-state index is -1.25. The molecule has 2 aromatic carbocycles. The first-order valence-electron chi connectivity index (χ1n) is 12.3. The lowest BCUT2D eigenvalue weighted by Crippen LogP contribution is -2.57. The van der Waals surface area contributed by atoms with Gasteiger partial charge >= 0.3 is 5.97 Å². The molecule has 2 aromatic heterocycles. The van der Waals surface area contributed by atoms with E-state index in [0.717, 1.165) is 32.9 Å². The predicted molar refractivity (Wildman–Crippen MR) is 150 cm³/mol. The molecule has 0 fully saturated rings. The molecule has 0 bridgehead atoms.